The van der Waals surface area contributed by atoms with Crippen molar-refractivity contribution < 1.29 is 28.7 Å². The standard InChI is InChI=1S/C28H48N4O6/c1-16-19(22(34)30-18(15-17-11-12-17)20(33)23(35)29-10)32(14-13-28(16,8)9)24(36)21(26(2,3)4)31-25(37)38-27(5,6)7/h16-19,21H,11-15H2,1-10H3,(H,29,35)(H,30,34)(H,31,37)/t16?,18?,19-,21+/m0/s1. The number of nitrogens with one attached hydrogen (secondary N) is 3. The minimum atomic E-state index is -0.956. The highest BCUT2D eigenvalue weighted by atomic mass is 16.6. The van der Waals surface area contributed by atoms with Crippen molar-refractivity contribution >= 4 is 29.6 Å². The van der Waals surface area contributed by atoms with E-state index in [-0.39, 0.29) is 23.2 Å². The largest absolute Gasteiger partial charge is 0.444 e. The maximum absolute atomic E-state index is 14.0. The van der Waals surface area contributed by atoms with Crippen LogP contribution in [0, 0.1) is 22.7 Å². The van der Waals surface area contributed by atoms with Gasteiger partial charge in [0.15, 0.2) is 0 Å². The summed E-state index contributed by atoms with van der Waals surface area (Å²) in [4.78, 5) is 66.9. The van der Waals surface area contributed by atoms with E-state index in [0.717, 1.165) is 12.8 Å². The summed E-state index contributed by atoms with van der Waals surface area (Å²) in [5.41, 5.74) is -1.67. The van der Waals surface area contributed by atoms with Gasteiger partial charge in [0.25, 0.3) is 5.91 Å². The maximum Gasteiger partial charge on any atom is 0.408 e. The average molecular weight is 537 g/mol. The summed E-state index contributed by atoms with van der Waals surface area (Å²) in [7, 11) is 1.38. The van der Waals surface area contributed by atoms with Crippen LogP contribution in [0.15, 0.2) is 0 Å². The van der Waals surface area contributed by atoms with Gasteiger partial charge in [-0.1, -0.05) is 54.4 Å². The van der Waals surface area contributed by atoms with Crippen molar-refractivity contribution in [3.63, 3.8) is 0 Å². The molecule has 0 aromatic heterocycles. The number of likely N-dealkylation sites (N-methyl/N-ethyl adjacent to an activating group) is 1. The average Bonchev–Trinajstić information content (AvgIpc) is 3.59. The zero-order chi connectivity index (χ0) is 29.2. The minimum Gasteiger partial charge on any atom is -0.444 e. The lowest BCUT2D eigenvalue weighted by Gasteiger charge is -2.49. The molecule has 2 aliphatic rings. The topological polar surface area (TPSA) is 134 Å². The lowest BCUT2D eigenvalue weighted by Crippen LogP contribution is -2.65. The first kappa shape index (κ1) is 31.6. The molecule has 38 heavy (non-hydrogen) atoms. The monoisotopic (exact) mass is 536 g/mol. The van der Waals surface area contributed by atoms with Crippen molar-refractivity contribution in [2.24, 2.45) is 22.7 Å². The maximum atomic E-state index is 14.0. The van der Waals surface area contributed by atoms with Gasteiger partial charge < -0.3 is 25.6 Å². The molecule has 216 valence electrons. The Morgan fingerprint density at radius 3 is 2.05 bits per heavy atom. The van der Waals surface area contributed by atoms with E-state index in [9.17, 15) is 24.0 Å². The van der Waals surface area contributed by atoms with E-state index in [2.05, 4.69) is 29.8 Å². The number of carbonyl (C=O) groups is 5. The molecule has 1 aliphatic heterocycles. The number of ketones is 1. The van der Waals surface area contributed by atoms with Crippen LogP contribution >= 0.6 is 0 Å². The number of hydrogen-bond acceptors (Lipinski definition) is 6. The number of carbonyl (C=O) groups excluding carboxylic acids is 5. The first-order valence-electron chi connectivity index (χ1n) is 13.6. The van der Waals surface area contributed by atoms with Gasteiger partial charge >= 0.3 is 6.09 Å². The normalized spacial score (nSPS) is 23.1. The molecule has 0 spiro atoms. The number of piperidine rings is 1. The molecule has 0 aromatic rings. The van der Waals surface area contributed by atoms with Gasteiger partial charge in [-0.15, -0.1) is 0 Å². The van der Waals surface area contributed by atoms with E-state index in [1.54, 1.807) is 20.8 Å². The molecule has 2 rings (SSSR count). The Labute approximate surface area is 227 Å². The van der Waals surface area contributed by atoms with Crippen molar-refractivity contribution in [3.8, 4) is 0 Å². The molecular formula is C28H48N4O6. The van der Waals surface area contributed by atoms with E-state index in [1.807, 2.05) is 27.7 Å². The van der Waals surface area contributed by atoms with Crippen LogP contribution in [-0.2, 0) is 23.9 Å². The van der Waals surface area contributed by atoms with E-state index in [1.165, 1.54) is 11.9 Å². The fourth-order valence-electron chi connectivity index (χ4n) is 4.79. The van der Waals surface area contributed by atoms with E-state index in [4.69, 9.17) is 4.74 Å². The highest BCUT2D eigenvalue weighted by Gasteiger charge is 2.49. The Bertz CT molecular complexity index is 929. The van der Waals surface area contributed by atoms with Crippen LogP contribution in [-0.4, -0.2) is 71.8 Å². The van der Waals surface area contributed by atoms with Crippen LogP contribution in [0.3, 0.4) is 0 Å². The fraction of sp³-hybridized carbons (Fsp3) is 0.821. The number of hydrogen-bond donors (Lipinski definition) is 3. The van der Waals surface area contributed by atoms with Crippen molar-refractivity contribution in [2.45, 2.75) is 112 Å². The highest BCUT2D eigenvalue weighted by molar-refractivity contribution is 6.38. The zero-order valence-electron chi connectivity index (χ0n) is 24.8. The Hall–Kier alpha value is -2.65. The number of likely N-dealkylation sites (tertiary alicyclic amines) is 1. The van der Waals surface area contributed by atoms with Gasteiger partial charge in [-0.3, -0.25) is 19.2 Å². The van der Waals surface area contributed by atoms with Gasteiger partial charge in [0, 0.05) is 13.6 Å². The van der Waals surface area contributed by atoms with Gasteiger partial charge in [0.05, 0.1) is 6.04 Å². The van der Waals surface area contributed by atoms with Crippen LogP contribution in [0.25, 0.3) is 0 Å². The quantitative estimate of drug-likeness (QED) is 0.409. The number of amides is 4. The van der Waals surface area contributed by atoms with Gasteiger partial charge in [-0.05, 0) is 56.3 Å². The first-order chi connectivity index (χ1) is 17.3. The molecule has 1 saturated heterocycles. The second-order valence-electron chi connectivity index (χ2n) is 13.6. The highest BCUT2D eigenvalue weighted by Crippen LogP contribution is 2.40. The van der Waals surface area contributed by atoms with E-state index >= 15 is 0 Å². The molecule has 1 heterocycles. The molecule has 2 fully saturated rings. The summed E-state index contributed by atoms with van der Waals surface area (Å²) in [6.07, 6.45) is 2.25. The number of alkyl carbamates (subject to hydrolysis) is 1. The second kappa shape index (κ2) is 11.6. The zero-order valence-corrected chi connectivity index (χ0v) is 24.8. The smallest absolute Gasteiger partial charge is 0.408 e. The van der Waals surface area contributed by atoms with Crippen molar-refractivity contribution in [2.75, 3.05) is 13.6 Å². The summed E-state index contributed by atoms with van der Waals surface area (Å²) in [5, 5.41) is 7.90. The molecule has 10 heteroatoms. The third-order valence-corrected chi connectivity index (χ3v) is 7.71. The molecule has 1 saturated carbocycles. The predicted octanol–water partition coefficient (Wildman–Crippen LogP) is 2.79. The molecule has 2 unspecified atom stereocenters. The fourth-order valence-corrected chi connectivity index (χ4v) is 4.79. The van der Waals surface area contributed by atoms with Crippen LogP contribution in [0.4, 0.5) is 4.79 Å². The summed E-state index contributed by atoms with van der Waals surface area (Å²) in [5.74, 6) is -2.26. The van der Waals surface area contributed by atoms with E-state index < -0.39 is 52.8 Å². The van der Waals surface area contributed by atoms with Crippen molar-refractivity contribution in [3.05, 3.63) is 0 Å². The SMILES string of the molecule is CNC(=O)C(=O)C(CC1CC1)NC(=O)[C@@H]1C(C)C(C)(C)CCN1C(=O)[C@@H](NC(=O)OC(C)(C)C)C(C)(C)C. The molecular weight excluding hydrogens is 488 g/mol. The molecule has 10 nitrogen and oxygen atoms in total. The van der Waals surface area contributed by atoms with Crippen LogP contribution < -0.4 is 16.0 Å². The summed E-state index contributed by atoms with van der Waals surface area (Å²) < 4.78 is 5.41. The molecule has 4 amide bonds. The number of nitrogens with zero attached hydrogens (tertiary/aromatic N) is 1. The summed E-state index contributed by atoms with van der Waals surface area (Å²) >= 11 is 0. The van der Waals surface area contributed by atoms with Gasteiger partial charge in [-0.25, -0.2) is 4.79 Å². The summed E-state index contributed by atoms with van der Waals surface area (Å²) in [6.45, 7) is 17.1. The van der Waals surface area contributed by atoms with Gasteiger partial charge in [0.1, 0.15) is 17.7 Å². The second-order valence-corrected chi connectivity index (χ2v) is 13.6. The lowest BCUT2D eigenvalue weighted by atomic mass is 9.69. The van der Waals surface area contributed by atoms with Crippen molar-refractivity contribution in [1.82, 2.24) is 20.9 Å². The number of Topliss-reactive ketones (excluding diaryl/α,β-unsaturated/α-hetero) is 1. The summed E-state index contributed by atoms with van der Waals surface area (Å²) in [6, 6.07) is -2.78. The molecule has 4 atom stereocenters. The van der Waals surface area contributed by atoms with Crippen molar-refractivity contribution in [1.29, 1.82) is 0 Å². The lowest BCUT2D eigenvalue weighted by molar-refractivity contribution is -0.153. The predicted molar refractivity (Wildman–Crippen MR) is 144 cm³/mol. The Kier molecular flexibility index (Phi) is 9.65. The minimum absolute atomic E-state index is 0.251. The molecule has 3 N–H and O–H groups in total. The Morgan fingerprint density at radius 1 is 1.00 bits per heavy atom. The van der Waals surface area contributed by atoms with Gasteiger partial charge in [0.2, 0.25) is 17.6 Å². The first-order valence-corrected chi connectivity index (χ1v) is 13.6. The van der Waals surface area contributed by atoms with Gasteiger partial charge in [-0.2, -0.15) is 0 Å². The number of rotatable bonds is 8. The Balaban J connectivity index is 2.37. The molecule has 1 aliphatic carbocycles. The van der Waals surface area contributed by atoms with Crippen LogP contribution in [0.1, 0.15) is 88.0 Å². The van der Waals surface area contributed by atoms with E-state index in [0.29, 0.717) is 19.4 Å². The molecule has 0 aromatic carbocycles. The third-order valence-electron chi connectivity index (χ3n) is 7.71. The molecule has 0 bridgehead atoms. The Morgan fingerprint density at radius 2 is 1.58 bits per heavy atom. The van der Waals surface area contributed by atoms with Crippen LogP contribution in [0.2, 0.25) is 0 Å². The molecule has 0 radical (unpaired) electrons. The third kappa shape index (κ3) is 8.17. The number of ether oxygens (including phenoxy) is 1. The van der Waals surface area contributed by atoms with Crippen LogP contribution in [0.5, 0.6) is 0 Å².